The highest BCUT2D eigenvalue weighted by Crippen LogP contribution is 2.30. The normalized spacial score (nSPS) is 13.2. The highest BCUT2D eigenvalue weighted by molar-refractivity contribution is 7.89. The van der Waals surface area contributed by atoms with Crippen LogP contribution in [0.3, 0.4) is 0 Å². The number of pyridine rings is 1. The van der Waals surface area contributed by atoms with Crippen molar-refractivity contribution in [3.8, 4) is 0 Å². The Kier molecular flexibility index (Phi) is 5.92. The van der Waals surface area contributed by atoms with Crippen molar-refractivity contribution in [3.63, 3.8) is 0 Å². The maximum absolute atomic E-state index is 13.0. The number of nitrogens with one attached hydrogen (secondary N) is 2. The topological polar surface area (TPSA) is 118 Å². The molecule has 3 heterocycles. The molecule has 0 bridgehead atoms. The molecule has 0 aliphatic carbocycles. The van der Waals surface area contributed by atoms with E-state index in [9.17, 15) is 27.1 Å². The van der Waals surface area contributed by atoms with Gasteiger partial charge in [0.15, 0.2) is 5.03 Å². The molecule has 3 aromatic heterocycles. The van der Waals surface area contributed by atoms with Crippen LogP contribution in [-0.4, -0.2) is 46.2 Å². The number of aliphatic hydroxyl groups is 1. The van der Waals surface area contributed by atoms with Crippen LogP contribution in [0, 0.1) is 0 Å². The quantitative estimate of drug-likeness (QED) is 0.516. The van der Waals surface area contributed by atoms with Crippen LogP contribution < -0.4 is 10.0 Å². The summed E-state index contributed by atoms with van der Waals surface area (Å²) in [6.45, 7) is 1.10. The molecule has 9 nitrogen and oxygen atoms in total. The molecule has 3 rings (SSSR count). The van der Waals surface area contributed by atoms with E-state index in [4.69, 9.17) is 0 Å². The Morgan fingerprint density at radius 1 is 1.30 bits per heavy atom. The lowest BCUT2D eigenvalue weighted by Gasteiger charge is -2.14. The number of hydrogen-bond donors (Lipinski definition) is 3. The van der Waals surface area contributed by atoms with E-state index in [-0.39, 0.29) is 16.4 Å². The first kappa shape index (κ1) is 21.9. The number of carbonyl (C=O) groups excluding carboxylic acids is 1. The summed E-state index contributed by atoms with van der Waals surface area (Å²) in [5.74, 6) is -0.670. The van der Waals surface area contributed by atoms with E-state index in [1.165, 1.54) is 24.6 Å². The number of aryl methyl sites for hydroxylation is 1. The molecule has 1 atom stereocenters. The average molecular weight is 441 g/mol. The molecule has 1 unspecified atom stereocenters. The molecule has 30 heavy (non-hydrogen) atoms. The SMILES string of the molecule is CC(CO)NS(=O)(=O)c1c2c(ccn2C)c(C(=O)Nc2ccnc(C(F)F)c2)n1C. The minimum atomic E-state index is -4.08. The second-order valence-corrected chi connectivity index (χ2v) is 8.46. The van der Waals surface area contributed by atoms with Gasteiger partial charge in [-0.2, -0.15) is 0 Å². The standard InChI is InChI=1S/C18H21F2N5O4S/c1-10(9-26)23-30(28,29)18-15-12(5-7-24(15)2)14(25(18)3)17(27)22-11-4-6-21-13(8-11)16(19)20/h4-8,10,16,23,26H,9H2,1-3H3,(H,21,22,27). The third-order valence-corrected chi connectivity index (χ3v) is 6.22. The van der Waals surface area contributed by atoms with Gasteiger partial charge in [-0.3, -0.25) is 9.78 Å². The summed E-state index contributed by atoms with van der Waals surface area (Å²) in [6, 6.07) is 3.27. The molecule has 0 radical (unpaired) electrons. The molecular weight excluding hydrogens is 420 g/mol. The molecule has 3 aromatic rings. The number of fused-ring (bicyclic) bond motifs is 1. The molecule has 162 valence electrons. The first-order valence-corrected chi connectivity index (χ1v) is 10.4. The van der Waals surface area contributed by atoms with E-state index >= 15 is 0 Å². The van der Waals surface area contributed by atoms with E-state index in [2.05, 4.69) is 15.0 Å². The lowest BCUT2D eigenvalue weighted by molar-refractivity contribution is 0.101. The third-order valence-electron chi connectivity index (χ3n) is 4.53. The second-order valence-electron chi connectivity index (χ2n) is 6.83. The van der Waals surface area contributed by atoms with Crippen LogP contribution in [0.15, 0.2) is 35.6 Å². The molecule has 12 heteroatoms. The van der Waals surface area contributed by atoms with Gasteiger partial charge >= 0.3 is 0 Å². The summed E-state index contributed by atoms with van der Waals surface area (Å²) in [7, 11) is -1.03. The monoisotopic (exact) mass is 441 g/mol. The van der Waals surface area contributed by atoms with Crippen LogP contribution >= 0.6 is 0 Å². The largest absolute Gasteiger partial charge is 0.395 e. The Balaban J connectivity index is 2.08. The molecule has 3 N–H and O–H groups in total. The van der Waals surface area contributed by atoms with E-state index in [1.54, 1.807) is 23.9 Å². The predicted molar refractivity (Wildman–Crippen MR) is 106 cm³/mol. The number of aromatic nitrogens is 3. The fourth-order valence-corrected chi connectivity index (χ4v) is 4.88. The zero-order valence-electron chi connectivity index (χ0n) is 16.4. The van der Waals surface area contributed by atoms with Crippen molar-refractivity contribution >= 4 is 32.5 Å². The fraction of sp³-hybridized carbons (Fsp3) is 0.333. The molecule has 0 fully saturated rings. The number of hydrogen-bond acceptors (Lipinski definition) is 5. The van der Waals surface area contributed by atoms with E-state index in [0.717, 1.165) is 12.3 Å². The Labute approximate surface area is 171 Å². The third kappa shape index (κ3) is 3.93. The van der Waals surface area contributed by atoms with Gasteiger partial charge < -0.3 is 19.6 Å². The first-order valence-electron chi connectivity index (χ1n) is 8.89. The van der Waals surface area contributed by atoms with Crippen molar-refractivity contribution in [2.24, 2.45) is 14.1 Å². The minimum Gasteiger partial charge on any atom is -0.395 e. The number of rotatable bonds is 7. The molecule has 0 aliphatic heterocycles. The predicted octanol–water partition coefficient (Wildman–Crippen LogP) is 1.76. The van der Waals surface area contributed by atoms with Crippen molar-refractivity contribution in [2.45, 2.75) is 24.4 Å². The average Bonchev–Trinajstić information content (AvgIpc) is 3.17. The summed E-state index contributed by atoms with van der Waals surface area (Å²) in [5.41, 5.74) is -0.0525. The molecule has 0 aliphatic rings. The maximum atomic E-state index is 13.0. The number of alkyl halides is 2. The van der Waals surface area contributed by atoms with Crippen molar-refractivity contribution in [1.82, 2.24) is 18.8 Å². The van der Waals surface area contributed by atoms with Crippen molar-refractivity contribution in [3.05, 3.63) is 42.0 Å². The van der Waals surface area contributed by atoms with Gasteiger partial charge in [-0.25, -0.2) is 21.9 Å². The van der Waals surface area contributed by atoms with E-state index in [0.29, 0.717) is 10.9 Å². The Hall–Kier alpha value is -2.83. The molecular formula is C18H21F2N5O4S. The summed E-state index contributed by atoms with van der Waals surface area (Å²) in [6.07, 6.45) is -0.0397. The smallest absolute Gasteiger partial charge is 0.280 e. The van der Waals surface area contributed by atoms with Crippen LogP contribution in [0.5, 0.6) is 0 Å². The number of halogens is 2. The van der Waals surface area contributed by atoms with Crippen LogP contribution in [0.25, 0.3) is 10.9 Å². The van der Waals surface area contributed by atoms with Gasteiger partial charge in [0.1, 0.15) is 11.4 Å². The molecule has 0 saturated carbocycles. The van der Waals surface area contributed by atoms with E-state index in [1.807, 2.05) is 0 Å². The lowest BCUT2D eigenvalue weighted by Crippen LogP contribution is -2.36. The highest BCUT2D eigenvalue weighted by atomic mass is 32.2. The Morgan fingerprint density at radius 3 is 2.63 bits per heavy atom. The van der Waals surface area contributed by atoms with E-state index < -0.39 is 40.7 Å². The maximum Gasteiger partial charge on any atom is 0.280 e. The van der Waals surface area contributed by atoms with Crippen molar-refractivity contribution in [1.29, 1.82) is 0 Å². The zero-order valence-corrected chi connectivity index (χ0v) is 17.2. The van der Waals surface area contributed by atoms with Crippen molar-refractivity contribution in [2.75, 3.05) is 11.9 Å². The van der Waals surface area contributed by atoms with Gasteiger partial charge in [-0.05, 0) is 25.1 Å². The van der Waals surface area contributed by atoms with Gasteiger partial charge in [0.05, 0.1) is 12.1 Å². The van der Waals surface area contributed by atoms with Gasteiger partial charge in [0, 0.05) is 43.6 Å². The summed E-state index contributed by atoms with van der Waals surface area (Å²) in [4.78, 5) is 16.5. The number of sulfonamides is 1. The van der Waals surface area contributed by atoms with Gasteiger partial charge in [0.25, 0.3) is 22.4 Å². The number of nitrogens with zero attached hydrogens (tertiary/aromatic N) is 3. The number of aliphatic hydroxyl groups excluding tert-OH is 1. The first-order chi connectivity index (χ1) is 14.1. The Bertz CT molecular complexity index is 1200. The molecule has 0 saturated heterocycles. The van der Waals surface area contributed by atoms with Crippen LogP contribution in [0.2, 0.25) is 0 Å². The summed E-state index contributed by atoms with van der Waals surface area (Å²) in [5, 5.41) is 11.9. The number of anilines is 1. The molecule has 0 aromatic carbocycles. The summed E-state index contributed by atoms with van der Waals surface area (Å²) < 4.78 is 56.7. The minimum absolute atomic E-state index is 0.0398. The van der Waals surface area contributed by atoms with Crippen LogP contribution in [-0.2, 0) is 24.1 Å². The Morgan fingerprint density at radius 2 is 2.00 bits per heavy atom. The van der Waals surface area contributed by atoms with Crippen LogP contribution in [0.4, 0.5) is 14.5 Å². The van der Waals surface area contributed by atoms with Gasteiger partial charge in [0.2, 0.25) is 0 Å². The fourth-order valence-electron chi connectivity index (χ4n) is 3.20. The lowest BCUT2D eigenvalue weighted by atomic mass is 10.2. The number of carbonyl (C=O) groups is 1. The van der Waals surface area contributed by atoms with Gasteiger partial charge in [-0.15, -0.1) is 0 Å². The number of amides is 1. The van der Waals surface area contributed by atoms with Gasteiger partial charge in [-0.1, -0.05) is 0 Å². The molecule has 0 spiro atoms. The van der Waals surface area contributed by atoms with Crippen LogP contribution in [0.1, 0.15) is 29.5 Å². The second kappa shape index (κ2) is 8.13. The summed E-state index contributed by atoms with van der Waals surface area (Å²) >= 11 is 0. The zero-order chi connectivity index (χ0) is 22.2. The highest BCUT2D eigenvalue weighted by Gasteiger charge is 2.31. The molecule has 1 amide bonds. The van der Waals surface area contributed by atoms with Crippen molar-refractivity contribution < 1.29 is 27.1 Å².